The van der Waals surface area contributed by atoms with Gasteiger partial charge in [0.05, 0.1) is 94.6 Å². The van der Waals surface area contributed by atoms with E-state index >= 15 is 0 Å². The Hall–Kier alpha value is -5.39. The van der Waals surface area contributed by atoms with Gasteiger partial charge in [-0.2, -0.15) is 4.58 Å². The van der Waals surface area contributed by atoms with Gasteiger partial charge >= 0.3 is 5.97 Å². The molecule has 0 amide bonds. The molecular formula is C56H68N2O23S5-4. The zero-order valence-electron chi connectivity index (χ0n) is 47.7. The summed E-state index contributed by atoms with van der Waals surface area (Å²) in [6.45, 7) is 5.79. The predicted octanol–water partition coefficient (Wildman–Crippen LogP) is 5.02. The van der Waals surface area contributed by atoms with Crippen molar-refractivity contribution in [2.24, 2.45) is 0 Å². The summed E-state index contributed by atoms with van der Waals surface area (Å²) >= 11 is 0. The van der Waals surface area contributed by atoms with Crippen molar-refractivity contribution in [3.8, 4) is 0 Å². The number of fused-ring (bicyclic) bond motifs is 6. The highest BCUT2D eigenvalue weighted by atomic mass is 32.2. The molecule has 2 aliphatic heterocycles. The summed E-state index contributed by atoms with van der Waals surface area (Å²) in [5, 5.41) is 8.90. The fourth-order valence-electron chi connectivity index (χ4n) is 10.9. The average molecular weight is 1300 g/mol. The Morgan fingerprint density at radius 1 is 0.558 bits per heavy atom. The maximum Gasteiger partial charge on any atom is 0.303 e. The molecule has 0 fully saturated rings. The third-order valence-electron chi connectivity index (χ3n) is 14.7. The molecule has 0 aromatic heterocycles. The standard InChI is InChI=1S/C56H72N2O23S5/c1-55(21-13-35-82(61,62)63)50(58(24-26-79-29-27-76-3)47-39-49(86(73,74)75)42-18-17-40(83(64,65)66)36-44(42)54(47)55)14-9-6-5-7-10-15-51-56(2,22-25-78-31-32-81-34-33-80-30-28-77-4)53-45-37-41(84(67,68)69)38-48(85(70,71)72)43(45)19-20-46(53)57(51)23-12-8-11-16-52(59)60/h5-7,9-10,14-15,17-20,36-39H,8,11-13,16,21-35H2,1-4H3,(H5-,59,60,61,62,63,64,65,66,67,68,69,70,71,72,73,74,75)/p-4. The highest BCUT2D eigenvalue weighted by molar-refractivity contribution is 7.87. The van der Waals surface area contributed by atoms with Crippen LogP contribution in [0.3, 0.4) is 0 Å². The highest BCUT2D eigenvalue weighted by Gasteiger charge is 2.49. The van der Waals surface area contributed by atoms with Crippen LogP contribution in [0.2, 0.25) is 0 Å². The van der Waals surface area contributed by atoms with E-state index in [0.717, 1.165) is 30.3 Å². The number of carboxylic acids is 1. The smallest absolute Gasteiger partial charge is 0.303 e. The fraction of sp³-hybridized carbons (Fsp3) is 0.464. The maximum atomic E-state index is 12.9. The van der Waals surface area contributed by atoms with Crippen molar-refractivity contribution in [2.45, 2.75) is 89.2 Å². The monoisotopic (exact) mass is 1300 g/mol. The van der Waals surface area contributed by atoms with Gasteiger partial charge in [0.2, 0.25) is 5.69 Å². The Morgan fingerprint density at radius 3 is 1.67 bits per heavy atom. The van der Waals surface area contributed by atoms with Crippen LogP contribution in [0, 0.1) is 0 Å². The number of anilines is 1. The number of aliphatic carboxylic acids is 1. The van der Waals surface area contributed by atoms with E-state index in [4.69, 9.17) is 28.4 Å². The number of carbonyl (C=O) groups is 1. The van der Waals surface area contributed by atoms with E-state index in [-0.39, 0.29) is 118 Å². The van der Waals surface area contributed by atoms with E-state index in [0.29, 0.717) is 67.8 Å². The average Bonchev–Trinajstić information content (AvgIpc) is 1.52. The lowest BCUT2D eigenvalue weighted by Crippen LogP contribution is -2.33. The molecule has 0 radical (unpaired) electrons. The summed E-state index contributed by atoms with van der Waals surface area (Å²) in [4.78, 5) is 9.70. The predicted molar refractivity (Wildman–Crippen MR) is 309 cm³/mol. The minimum atomic E-state index is -5.37. The summed E-state index contributed by atoms with van der Waals surface area (Å²) < 4.78 is 223. The van der Waals surface area contributed by atoms with Crippen LogP contribution in [0.5, 0.6) is 0 Å². The number of rotatable bonds is 36. The Labute approximate surface area is 501 Å². The van der Waals surface area contributed by atoms with Crippen molar-refractivity contribution in [3.63, 3.8) is 0 Å². The second-order valence-corrected chi connectivity index (χ2v) is 27.5. The first kappa shape index (κ1) is 69.7. The second kappa shape index (κ2) is 29.7. The molecule has 6 rings (SSSR count). The van der Waals surface area contributed by atoms with Crippen molar-refractivity contribution in [1.82, 2.24) is 0 Å². The van der Waals surface area contributed by atoms with Gasteiger partial charge in [-0.1, -0.05) is 36.4 Å². The molecule has 2 unspecified atom stereocenters. The van der Waals surface area contributed by atoms with Crippen molar-refractivity contribution in [2.75, 3.05) is 104 Å². The molecule has 2 heterocycles. The minimum absolute atomic E-state index is 0.00000401. The van der Waals surface area contributed by atoms with Crippen LogP contribution in [0.4, 0.5) is 11.4 Å². The lowest BCUT2D eigenvalue weighted by atomic mass is 9.75. The molecule has 86 heavy (non-hydrogen) atoms. The van der Waals surface area contributed by atoms with Gasteiger partial charge in [0.1, 0.15) is 47.0 Å². The largest absolute Gasteiger partial charge is 0.748 e. The van der Waals surface area contributed by atoms with Crippen LogP contribution in [0.1, 0.15) is 69.9 Å². The van der Waals surface area contributed by atoms with Crippen LogP contribution in [0.15, 0.2) is 116 Å². The third-order valence-corrected chi connectivity index (χ3v) is 18.9. The summed E-state index contributed by atoms with van der Waals surface area (Å²) in [5.41, 5.74) is -0.444. The Bertz CT molecular complexity index is 3880. The van der Waals surface area contributed by atoms with Gasteiger partial charge in [-0.25, -0.2) is 42.1 Å². The number of allylic oxidation sites excluding steroid dienone is 8. The molecule has 2 atom stereocenters. The quantitative estimate of drug-likeness (QED) is 0.0270. The summed E-state index contributed by atoms with van der Waals surface area (Å²) in [5.74, 6) is -1.80. The van der Waals surface area contributed by atoms with E-state index in [1.165, 1.54) is 13.2 Å². The van der Waals surface area contributed by atoms with Gasteiger partial charge in [-0.3, -0.25) is 4.79 Å². The van der Waals surface area contributed by atoms with Gasteiger partial charge in [-0.15, -0.1) is 0 Å². The minimum Gasteiger partial charge on any atom is -0.748 e. The maximum absolute atomic E-state index is 12.9. The van der Waals surface area contributed by atoms with E-state index in [2.05, 4.69) is 0 Å². The number of methoxy groups -OCH3 is 2. The van der Waals surface area contributed by atoms with Crippen LogP contribution in [0.25, 0.3) is 21.5 Å². The van der Waals surface area contributed by atoms with E-state index in [1.54, 1.807) is 67.5 Å². The van der Waals surface area contributed by atoms with Crippen molar-refractivity contribution in [3.05, 3.63) is 108 Å². The molecule has 25 nitrogen and oxygen atoms in total. The van der Waals surface area contributed by atoms with E-state index < -0.39 is 92.7 Å². The Balaban J connectivity index is 1.46. The zero-order valence-corrected chi connectivity index (χ0v) is 51.7. The van der Waals surface area contributed by atoms with Gasteiger partial charge < -0.3 is 61.2 Å². The first-order valence-electron chi connectivity index (χ1n) is 27.0. The normalized spacial score (nSPS) is 18.3. The fourth-order valence-corrected chi connectivity index (χ4v) is 13.9. The van der Waals surface area contributed by atoms with E-state index in [1.807, 2.05) is 11.5 Å². The van der Waals surface area contributed by atoms with Crippen molar-refractivity contribution in [1.29, 1.82) is 0 Å². The molecule has 4 aromatic carbocycles. The number of hydrogen-bond acceptors (Lipinski definition) is 23. The van der Waals surface area contributed by atoms with Gasteiger partial charge in [-0.05, 0) is 110 Å². The number of hydrogen-bond donors (Lipinski definition) is 1. The number of unbranched alkanes of at least 4 members (excludes halogenated alkanes) is 2. The van der Waals surface area contributed by atoms with Gasteiger partial charge in [0.25, 0.3) is 0 Å². The van der Waals surface area contributed by atoms with Crippen LogP contribution >= 0.6 is 0 Å². The number of carboxylic acid groups (broad SMARTS) is 1. The molecule has 0 saturated carbocycles. The SMILES string of the molecule is COCCOCCOCCOCCC1(C)C(/C=C/C=C/C=C/C=C2/N(CCOCCOC)c3cc(S(=O)(=O)[O-])c4ccc(S(=O)(=O)[O-])cc4c3C2(C)CCCS(=O)(=O)[O-])=[N+](CCCCCC(=O)O)c2ccc3c(S(=O)(=O)[O-])cc(S(=O)(=O)[O-])cc3c21. The van der Waals surface area contributed by atoms with Crippen molar-refractivity contribution < 1.29 is 108 Å². The highest BCUT2D eigenvalue weighted by Crippen LogP contribution is 2.55. The first-order valence-corrected chi connectivity index (χ1v) is 34.2. The van der Waals surface area contributed by atoms with Crippen LogP contribution in [-0.2, 0) is 94.6 Å². The summed E-state index contributed by atoms with van der Waals surface area (Å²) in [6, 6.07) is 8.50. The molecule has 474 valence electrons. The molecule has 0 aliphatic carbocycles. The lowest BCUT2D eigenvalue weighted by Gasteiger charge is -2.31. The number of nitrogens with zero attached hydrogens (tertiary/aromatic N) is 2. The molecular weight excluding hydrogens is 1230 g/mol. The Kier molecular flexibility index (Phi) is 24.1. The molecule has 4 aromatic rings. The molecule has 0 saturated heterocycles. The van der Waals surface area contributed by atoms with Crippen LogP contribution < -0.4 is 4.90 Å². The Morgan fingerprint density at radius 2 is 1.09 bits per heavy atom. The van der Waals surface area contributed by atoms with Gasteiger partial charge in [0, 0.05) is 85.9 Å². The molecule has 1 N–H and O–H groups in total. The molecule has 2 aliphatic rings. The van der Waals surface area contributed by atoms with Crippen LogP contribution in [-0.4, -0.2) is 185 Å². The topological polar surface area (TPSA) is 385 Å². The number of ether oxygens (including phenoxy) is 6. The first-order chi connectivity index (χ1) is 40.4. The summed E-state index contributed by atoms with van der Waals surface area (Å²) in [7, 11) is -22.9. The van der Waals surface area contributed by atoms with Crippen molar-refractivity contribution >= 4 is 95.2 Å². The second-order valence-electron chi connectivity index (χ2n) is 20.6. The number of benzene rings is 4. The van der Waals surface area contributed by atoms with Gasteiger partial charge in [0.15, 0.2) is 5.71 Å². The zero-order chi connectivity index (χ0) is 63.3. The third kappa shape index (κ3) is 17.7. The lowest BCUT2D eigenvalue weighted by molar-refractivity contribution is -0.438. The molecule has 0 bridgehead atoms. The summed E-state index contributed by atoms with van der Waals surface area (Å²) in [6.07, 6.45) is 12.4. The molecule has 0 spiro atoms. The molecule has 30 heteroatoms. The van der Waals surface area contributed by atoms with E-state index in [9.17, 15) is 74.8 Å².